The molecule has 0 bridgehead atoms. The summed E-state index contributed by atoms with van der Waals surface area (Å²) in [6.07, 6.45) is 0. The van der Waals surface area contributed by atoms with E-state index < -0.39 is 0 Å². The largest absolute Gasteiger partial charge is 0.309 e. The van der Waals surface area contributed by atoms with Crippen molar-refractivity contribution in [3.05, 3.63) is 212 Å². The first-order chi connectivity index (χ1) is 26.8. The Morgan fingerprint density at radius 1 is 0.296 bits per heavy atom. The second-order valence-corrected chi connectivity index (χ2v) is 14.7. The summed E-state index contributed by atoms with van der Waals surface area (Å²) in [5, 5.41) is 5.07. The molecule has 10 aromatic rings. The predicted octanol–water partition coefficient (Wildman–Crippen LogP) is 15.3. The summed E-state index contributed by atoms with van der Waals surface area (Å²) in [5.74, 6) is 0. The van der Waals surface area contributed by atoms with Crippen LogP contribution in [0.15, 0.2) is 212 Å². The zero-order valence-corrected chi connectivity index (χ0v) is 30.4. The maximum absolute atomic E-state index is 2.42. The third kappa shape index (κ3) is 5.74. The van der Waals surface area contributed by atoms with Gasteiger partial charge in [-0.15, -0.1) is 11.3 Å². The Labute approximate surface area is 319 Å². The van der Waals surface area contributed by atoms with Crippen molar-refractivity contribution in [1.82, 2.24) is 0 Å². The van der Waals surface area contributed by atoms with Gasteiger partial charge in [0.25, 0.3) is 0 Å². The highest BCUT2D eigenvalue weighted by atomic mass is 32.1. The van der Waals surface area contributed by atoms with Crippen LogP contribution >= 0.6 is 11.3 Å². The first kappa shape index (κ1) is 32.0. The molecule has 1 nitrogen and oxygen atoms in total. The van der Waals surface area contributed by atoms with Crippen LogP contribution in [-0.2, 0) is 0 Å². The van der Waals surface area contributed by atoms with Gasteiger partial charge in [0.15, 0.2) is 0 Å². The van der Waals surface area contributed by atoms with Gasteiger partial charge in [0.2, 0.25) is 0 Å². The summed E-state index contributed by atoms with van der Waals surface area (Å²) in [7, 11) is 0. The molecule has 1 aromatic heterocycles. The molecule has 0 fully saturated rings. The van der Waals surface area contributed by atoms with Crippen LogP contribution in [0.2, 0.25) is 0 Å². The Bertz CT molecular complexity index is 2890. The SMILES string of the molecule is c1ccc(-c2ccc(N(c3ccc(-c4ccc5cccc(-c6ccccc6)c5c4)cc3)c3cccc4c3sc3c(-c5ccccc5)cccc34)cc2)cc1. The lowest BCUT2D eigenvalue weighted by Crippen LogP contribution is -2.10. The molecule has 0 spiro atoms. The quantitative estimate of drug-likeness (QED) is 0.160. The van der Waals surface area contributed by atoms with E-state index in [0.717, 1.165) is 11.4 Å². The number of thiophene rings is 1. The van der Waals surface area contributed by atoms with Crippen molar-refractivity contribution in [3.63, 3.8) is 0 Å². The Kier molecular flexibility index (Phi) is 8.09. The third-order valence-electron chi connectivity index (χ3n) is 10.5. The molecule has 0 atom stereocenters. The van der Waals surface area contributed by atoms with Gasteiger partial charge in [0.1, 0.15) is 0 Å². The monoisotopic (exact) mass is 705 g/mol. The zero-order valence-electron chi connectivity index (χ0n) is 29.6. The molecule has 0 aliphatic carbocycles. The molecule has 0 aliphatic heterocycles. The molecule has 54 heavy (non-hydrogen) atoms. The normalized spacial score (nSPS) is 11.3. The van der Waals surface area contributed by atoms with Crippen LogP contribution in [0.4, 0.5) is 17.1 Å². The molecule has 10 rings (SSSR count). The molecule has 0 unspecified atom stereocenters. The van der Waals surface area contributed by atoms with E-state index in [1.54, 1.807) is 0 Å². The van der Waals surface area contributed by atoms with Crippen molar-refractivity contribution >= 4 is 59.3 Å². The summed E-state index contributed by atoms with van der Waals surface area (Å²) in [4.78, 5) is 2.42. The van der Waals surface area contributed by atoms with Crippen molar-refractivity contribution < 1.29 is 0 Å². The maximum Gasteiger partial charge on any atom is 0.0640 e. The highest BCUT2D eigenvalue weighted by Gasteiger charge is 2.20. The number of benzene rings is 9. The molecule has 2 heteroatoms. The molecule has 254 valence electrons. The second kappa shape index (κ2) is 13.7. The molecule has 0 radical (unpaired) electrons. The van der Waals surface area contributed by atoms with Crippen molar-refractivity contribution in [2.75, 3.05) is 4.90 Å². The van der Waals surface area contributed by atoms with Crippen molar-refractivity contribution in [2.45, 2.75) is 0 Å². The Hall–Kier alpha value is -6.74. The number of anilines is 3. The lowest BCUT2D eigenvalue weighted by molar-refractivity contribution is 1.30. The van der Waals surface area contributed by atoms with Gasteiger partial charge < -0.3 is 4.90 Å². The fourth-order valence-electron chi connectivity index (χ4n) is 7.81. The summed E-state index contributed by atoms with van der Waals surface area (Å²) < 4.78 is 2.59. The fourth-order valence-corrected chi connectivity index (χ4v) is 9.15. The van der Waals surface area contributed by atoms with E-state index >= 15 is 0 Å². The van der Waals surface area contributed by atoms with Crippen LogP contribution in [0.3, 0.4) is 0 Å². The average molecular weight is 706 g/mol. The van der Waals surface area contributed by atoms with Crippen LogP contribution in [0.5, 0.6) is 0 Å². The first-order valence-electron chi connectivity index (χ1n) is 18.4. The second-order valence-electron chi connectivity index (χ2n) is 13.7. The van der Waals surface area contributed by atoms with E-state index in [2.05, 4.69) is 217 Å². The van der Waals surface area contributed by atoms with Crippen LogP contribution in [0.25, 0.3) is 75.5 Å². The van der Waals surface area contributed by atoms with Crippen LogP contribution < -0.4 is 4.90 Å². The van der Waals surface area contributed by atoms with E-state index in [0.29, 0.717) is 0 Å². The third-order valence-corrected chi connectivity index (χ3v) is 11.8. The summed E-state index contributed by atoms with van der Waals surface area (Å²) in [5.41, 5.74) is 13.2. The van der Waals surface area contributed by atoms with Gasteiger partial charge in [-0.1, -0.05) is 176 Å². The minimum Gasteiger partial charge on any atom is -0.309 e. The molecule has 0 N–H and O–H groups in total. The minimum atomic E-state index is 1.12. The number of nitrogens with zero attached hydrogens (tertiary/aromatic N) is 1. The summed E-state index contributed by atoms with van der Waals surface area (Å²) >= 11 is 1.89. The number of hydrogen-bond acceptors (Lipinski definition) is 2. The highest BCUT2D eigenvalue weighted by Crippen LogP contribution is 2.47. The zero-order chi connectivity index (χ0) is 35.8. The predicted molar refractivity (Wildman–Crippen MR) is 233 cm³/mol. The molecule has 9 aromatic carbocycles. The molecule has 0 amide bonds. The summed E-state index contributed by atoms with van der Waals surface area (Å²) in [6.45, 7) is 0. The lowest BCUT2D eigenvalue weighted by Gasteiger charge is -2.26. The van der Waals surface area contributed by atoms with Gasteiger partial charge in [-0.2, -0.15) is 0 Å². The molecule has 0 saturated heterocycles. The fraction of sp³-hybridized carbons (Fsp3) is 0. The minimum absolute atomic E-state index is 1.12. The summed E-state index contributed by atoms with van der Waals surface area (Å²) in [6, 6.07) is 77.0. The number of hydrogen-bond donors (Lipinski definition) is 0. The number of fused-ring (bicyclic) bond motifs is 4. The molecular formula is C52H35NS. The standard InChI is InChI=1S/C52H35NS/c1-4-13-36(14-5-1)37-27-31-43(32-28-37)53(50-24-12-23-48-47-22-11-21-46(51(47)54-52(48)50)40-17-8-3-9-18-40)44-33-29-38(30-34-44)42-26-25-41-19-10-20-45(49(41)35-42)39-15-6-2-7-16-39/h1-35H. The smallest absolute Gasteiger partial charge is 0.0640 e. The highest BCUT2D eigenvalue weighted by molar-refractivity contribution is 7.27. The molecule has 1 heterocycles. The lowest BCUT2D eigenvalue weighted by atomic mass is 9.95. The first-order valence-corrected chi connectivity index (χ1v) is 19.2. The van der Waals surface area contributed by atoms with Crippen LogP contribution in [-0.4, -0.2) is 0 Å². The average Bonchev–Trinajstić information content (AvgIpc) is 3.65. The van der Waals surface area contributed by atoms with Crippen molar-refractivity contribution in [1.29, 1.82) is 0 Å². The number of rotatable bonds is 7. The van der Waals surface area contributed by atoms with Crippen molar-refractivity contribution in [2.24, 2.45) is 0 Å². The van der Waals surface area contributed by atoms with E-state index in [9.17, 15) is 0 Å². The van der Waals surface area contributed by atoms with E-state index in [4.69, 9.17) is 0 Å². The van der Waals surface area contributed by atoms with Gasteiger partial charge >= 0.3 is 0 Å². The van der Waals surface area contributed by atoms with Gasteiger partial charge in [-0.05, 0) is 91.7 Å². The molecule has 0 saturated carbocycles. The van der Waals surface area contributed by atoms with Gasteiger partial charge in [-0.25, -0.2) is 0 Å². The Morgan fingerprint density at radius 2 is 0.778 bits per heavy atom. The van der Waals surface area contributed by atoms with E-state index in [1.807, 2.05) is 11.3 Å². The van der Waals surface area contributed by atoms with Crippen LogP contribution in [0, 0.1) is 0 Å². The maximum atomic E-state index is 2.42. The van der Waals surface area contributed by atoms with Gasteiger partial charge in [0, 0.05) is 26.8 Å². The molecular weight excluding hydrogens is 671 g/mol. The van der Waals surface area contributed by atoms with Crippen LogP contribution in [0.1, 0.15) is 0 Å². The Morgan fingerprint density at radius 3 is 1.43 bits per heavy atom. The van der Waals surface area contributed by atoms with Crippen molar-refractivity contribution in [3.8, 4) is 44.5 Å². The van der Waals surface area contributed by atoms with E-state index in [-0.39, 0.29) is 0 Å². The van der Waals surface area contributed by atoms with Gasteiger partial charge in [-0.3, -0.25) is 0 Å². The van der Waals surface area contributed by atoms with E-state index in [1.165, 1.54) is 81.1 Å². The Balaban J connectivity index is 1.11. The van der Waals surface area contributed by atoms with Gasteiger partial charge in [0.05, 0.1) is 10.4 Å². The molecule has 0 aliphatic rings. The topological polar surface area (TPSA) is 3.24 Å².